The highest BCUT2D eigenvalue weighted by atomic mass is 14.6. The fourth-order valence-corrected chi connectivity index (χ4v) is 3.16. The molecule has 0 bridgehead atoms. The molecule has 1 heteroatoms. The van der Waals surface area contributed by atoms with Gasteiger partial charge in [-0.05, 0) is 63.0 Å². The summed E-state index contributed by atoms with van der Waals surface area (Å²) in [4.78, 5) is 0. The molecular formula is C17H27N. The molecule has 0 heterocycles. The summed E-state index contributed by atoms with van der Waals surface area (Å²) in [5.74, 6) is 0.831. The lowest BCUT2D eigenvalue weighted by Crippen LogP contribution is -2.14. The molecule has 0 aliphatic heterocycles. The summed E-state index contributed by atoms with van der Waals surface area (Å²) < 4.78 is 0. The van der Waals surface area contributed by atoms with E-state index in [2.05, 4.69) is 32.0 Å². The monoisotopic (exact) mass is 245 g/mol. The average Bonchev–Trinajstić information content (AvgIpc) is 2.81. The molecule has 0 aromatic heterocycles. The SMILES string of the molecule is Cc1cc(CCC[C@H](C)N)cc(C2CCCC2)c1. The molecule has 2 rings (SSSR count). The van der Waals surface area contributed by atoms with Crippen LogP contribution in [0.25, 0.3) is 0 Å². The first-order chi connectivity index (χ1) is 8.65. The van der Waals surface area contributed by atoms with Gasteiger partial charge in [-0.3, -0.25) is 0 Å². The van der Waals surface area contributed by atoms with Gasteiger partial charge in [0, 0.05) is 6.04 Å². The van der Waals surface area contributed by atoms with Gasteiger partial charge in [-0.25, -0.2) is 0 Å². The van der Waals surface area contributed by atoms with E-state index in [1.807, 2.05) is 0 Å². The number of hydrogen-bond donors (Lipinski definition) is 1. The molecule has 2 N–H and O–H groups in total. The summed E-state index contributed by atoms with van der Waals surface area (Å²) in [6.07, 6.45) is 9.14. The van der Waals surface area contributed by atoms with Gasteiger partial charge in [0.1, 0.15) is 0 Å². The Morgan fingerprint density at radius 2 is 1.94 bits per heavy atom. The van der Waals surface area contributed by atoms with Crippen molar-refractivity contribution in [2.45, 2.75) is 70.8 Å². The minimum absolute atomic E-state index is 0.337. The van der Waals surface area contributed by atoms with E-state index in [1.54, 1.807) is 5.56 Å². The van der Waals surface area contributed by atoms with E-state index in [-0.39, 0.29) is 0 Å². The van der Waals surface area contributed by atoms with E-state index in [1.165, 1.54) is 49.7 Å². The maximum atomic E-state index is 5.82. The Kier molecular flexibility index (Phi) is 4.82. The molecule has 1 aromatic rings. The molecule has 1 nitrogen and oxygen atoms in total. The fraction of sp³-hybridized carbons (Fsp3) is 0.647. The quantitative estimate of drug-likeness (QED) is 0.821. The first kappa shape index (κ1) is 13.6. The lowest BCUT2D eigenvalue weighted by molar-refractivity contribution is 0.623. The van der Waals surface area contributed by atoms with Crippen LogP contribution in [0, 0.1) is 6.92 Å². The fourth-order valence-electron chi connectivity index (χ4n) is 3.16. The van der Waals surface area contributed by atoms with Crippen LogP contribution < -0.4 is 5.73 Å². The minimum Gasteiger partial charge on any atom is -0.328 e. The van der Waals surface area contributed by atoms with Crippen LogP contribution in [-0.2, 0) is 6.42 Å². The van der Waals surface area contributed by atoms with Crippen molar-refractivity contribution in [3.63, 3.8) is 0 Å². The van der Waals surface area contributed by atoms with Crippen LogP contribution in [0.3, 0.4) is 0 Å². The van der Waals surface area contributed by atoms with Gasteiger partial charge in [0.05, 0.1) is 0 Å². The Morgan fingerprint density at radius 3 is 2.61 bits per heavy atom. The zero-order valence-corrected chi connectivity index (χ0v) is 11.9. The highest BCUT2D eigenvalue weighted by molar-refractivity contribution is 5.32. The predicted molar refractivity (Wildman–Crippen MR) is 79.0 cm³/mol. The topological polar surface area (TPSA) is 26.0 Å². The molecule has 1 aromatic carbocycles. The van der Waals surface area contributed by atoms with E-state index >= 15 is 0 Å². The van der Waals surface area contributed by atoms with Gasteiger partial charge >= 0.3 is 0 Å². The summed E-state index contributed by atoms with van der Waals surface area (Å²) in [6, 6.07) is 7.53. The smallest absolute Gasteiger partial charge is 0.00105 e. The van der Waals surface area contributed by atoms with Crippen LogP contribution in [0.15, 0.2) is 18.2 Å². The molecule has 0 unspecified atom stereocenters. The molecule has 1 atom stereocenters. The van der Waals surface area contributed by atoms with Gasteiger partial charge in [0.15, 0.2) is 0 Å². The third-order valence-electron chi connectivity index (χ3n) is 4.11. The molecule has 18 heavy (non-hydrogen) atoms. The van der Waals surface area contributed by atoms with Crippen molar-refractivity contribution in [3.05, 3.63) is 34.9 Å². The zero-order valence-electron chi connectivity index (χ0n) is 11.9. The van der Waals surface area contributed by atoms with Crippen LogP contribution in [0.1, 0.15) is 68.1 Å². The van der Waals surface area contributed by atoms with Crippen molar-refractivity contribution in [2.75, 3.05) is 0 Å². The van der Waals surface area contributed by atoms with E-state index in [9.17, 15) is 0 Å². The van der Waals surface area contributed by atoms with Gasteiger partial charge in [0.2, 0.25) is 0 Å². The van der Waals surface area contributed by atoms with Crippen LogP contribution in [-0.4, -0.2) is 6.04 Å². The summed E-state index contributed by atoms with van der Waals surface area (Å²) in [5.41, 5.74) is 10.3. The van der Waals surface area contributed by atoms with E-state index in [0.29, 0.717) is 6.04 Å². The summed E-state index contributed by atoms with van der Waals surface area (Å²) in [5, 5.41) is 0. The lowest BCUT2D eigenvalue weighted by atomic mass is 9.92. The van der Waals surface area contributed by atoms with Crippen LogP contribution in [0.4, 0.5) is 0 Å². The zero-order chi connectivity index (χ0) is 13.0. The molecule has 100 valence electrons. The number of aryl methyl sites for hydroxylation is 2. The summed E-state index contributed by atoms with van der Waals surface area (Å²) >= 11 is 0. The van der Waals surface area contributed by atoms with Crippen molar-refractivity contribution in [1.29, 1.82) is 0 Å². The van der Waals surface area contributed by atoms with E-state index in [0.717, 1.165) is 12.3 Å². The van der Waals surface area contributed by atoms with E-state index in [4.69, 9.17) is 5.73 Å². The van der Waals surface area contributed by atoms with Gasteiger partial charge in [-0.2, -0.15) is 0 Å². The number of rotatable bonds is 5. The Morgan fingerprint density at radius 1 is 1.22 bits per heavy atom. The average molecular weight is 245 g/mol. The Balaban J connectivity index is 2.01. The Hall–Kier alpha value is -0.820. The highest BCUT2D eigenvalue weighted by Crippen LogP contribution is 2.35. The maximum Gasteiger partial charge on any atom is 0.00105 e. The Bertz CT molecular complexity index is 375. The first-order valence-corrected chi connectivity index (χ1v) is 7.51. The van der Waals surface area contributed by atoms with Crippen LogP contribution >= 0.6 is 0 Å². The predicted octanol–water partition coefficient (Wildman–Crippen LogP) is 4.32. The van der Waals surface area contributed by atoms with Crippen molar-refractivity contribution >= 4 is 0 Å². The minimum atomic E-state index is 0.337. The molecular weight excluding hydrogens is 218 g/mol. The molecule has 1 fully saturated rings. The highest BCUT2D eigenvalue weighted by Gasteiger charge is 2.17. The first-order valence-electron chi connectivity index (χ1n) is 7.51. The lowest BCUT2D eigenvalue weighted by Gasteiger charge is -2.13. The largest absolute Gasteiger partial charge is 0.328 e. The molecule has 0 spiro atoms. The van der Waals surface area contributed by atoms with Crippen LogP contribution in [0.2, 0.25) is 0 Å². The molecule has 1 aliphatic rings. The third-order valence-corrected chi connectivity index (χ3v) is 4.11. The standard InChI is InChI=1S/C17H27N/c1-13-10-15(7-5-6-14(2)18)12-17(11-13)16-8-3-4-9-16/h10-12,14,16H,3-9,18H2,1-2H3/t14-/m0/s1. The second-order valence-corrected chi connectivity index (χ2v) is 6.10. The second kappa shape index (κ2) is 6.38. The Labute approximate surface area is 112 Å². The summed E-state index contributed by atoms with van der Waals surface area (Å²) in [7, 11) is 0. The van der Waals surface area contributed by atoms with Crippen molar-refractivity contribution in [1.82, 2.24) is 0 Å². The number of benzene rings is 1. The van der Waals surface area contributed by atoms with Crippen molar-refractivity contribution in [3.8, 4) is 0 Å². The molecule has 0 saturated heterocycles. The van der Waals surface area contributed by atoms with Crippen molar-refractivity contribution < 1.29 is 0 Å². The molecule has 1 saturated carbocycles. The molecule has 0 radical (unpaired) electrons. The second-order valence-electron chi connectivity index (χ2n) is 6.10. The van der Waals surface area contributed by atoms with Gasteiger partial charge in [0.25, 0.3) is 0 Å². The molecule has 1 aliphatic carbocycles. The van der Waals surface area contributed by atoms with Gasteiger partial charge < -0.3 is 5.73 Å². The van der Waals surface area contributed by atoms with E-state index < -0.39 is 0 Å². The summed E-state index contributed by atoms with van der Waals surface area (Å²) in [6.45, 7) is 4.33. The van der Waals surface area contributed by atoms with Gasteiger partial charge in [-0.15, -0.1) is 0 Å². The number of hydrogen-bond acceptors (Lipinski definition) is 1. The van der Waals surface area contributed by atoms with Crippen molar-refractivity contribution in [2.24, 2.45) is 5.73 Å². The maximum absolute atomic E-state index is 5.82. The van der Waals surface area contributed by atoms with Crippen LogP contribution in [0.5, 0.6) is 0 Å². The normalized spacial score (nSPS) is 18.2. The molecule has 0 amide bonds. The number of nitrogens with two attached hydrogens (primary N) is 1. The van der Waals surface area contributed by atoms with Gasteiger partial charge in [-0.1, -0.05) is 36.6 Å². The third kappa shape index (κ3) is 3.84.